The maximum atomic E-state index is 12.2. The van der Waals surface area contributed by atoms with E-state index in [1.165, 1.54) is 6.33 Å². The summed E-state index contributed by atoms with van der Waals surface area (Å²) in [5, 5.41) is 2.97. The van der Waals surface area contributed by atoms with Crippen LogP contribution in [0.4, 0.5) is 11.5 Å². The molecule has 1 aliphatic heterocycles. The lowest BCUT2D eigenvalue weighted by molar-refractivity contribution is 0.0946. The van der Waals surface area contributed by atoms with Crippen molar-refractivity contribution in [2.75, 3.05) is 43.1 Å². The van der Waals surface area contributed by atoms with Crippen molar-refractivity contribution in [1.29, 1.82) is 0 Å². The molecule has 4 rings (SSSR count). The van der Waals surface area contributed by atoms with Crippen LogP contribution < -0.4 is 19.9 Å². The van der Waals surface area contributed by atoms with Gasteiger partial charge in [-0.1, -0.05) is 12.1 Å². The number of piperazine rings is 1. The van der Waals surface area contributed by atoms with Crippen LogP contribution in [-0.2, 0) is 0 Å². The first-order valence-electron chi connectivity index (χ1n) is 9.00. The van der Waals surface area contributed by atoms with E-state index in [-0.39, 0.29) is 5.91 Å². The summed E-state index contributed by atoms with van der Waals surface area (Å²) in [6.45, 7) is 3.40. The average molecular weight is 353 g/mol. The predicted molar refractivity (Wildman–Crippen MR) is 99.9 cm³/mol. The van der Waals surface area contributed by atoms with Crippen LogP contribution in [0.1, 0.15) is 23.3 Å². The van der Waals surface area contributed by atoms with Crippen LogP contribution in [0.15, 0.2) is 36.7 Å². The highest BCUT2D eigenvalue weighted by Crippen LogP contribution is 2.29. The van der Waals surface area contributed by atoms with E-state index in [9.17, 15) is 4.79 Å². The van der Waals surface area contributed by atoms with Crippen molar-refractivity contribution in [1.82, 2.24) is 15.3 Å². The molecule has 0 radical (unpaired) electrons. The average Bonchev–Trinajstić information content (AvgIpc) is 3.52. The smallest absolute Gasteiger partial charge is 0.270 e. The normalized spacial score (nSPS) is 17.1. The van der Waals surface area contributed by atoms with Crippen LogP contribution in [0, 0.1) is 0 Å². The van der Waals surface area contributed by atoms with E-state index in [0.29, 0.717) is 11.7 Å². The summed E-state index contributed by atoms with van der Waals surface area (Å²) < 4.78 is 5.47. The minimum absolute atomic E-state index is 0.108. The Balaban J connectivity index is 1.42. The number of aromatic nitrogens is 2. The van der Waals surface area contributed by atoms with Crippen molar-refractivity contribution in [3.05, 3.63) is 42.4 Å². The molecule has 1 N–H and O–H groups in total. The summed E-state index contributed by atoms with van der Waals surface area (Å²) in [5.74, 6) is 1.59. The van der Waals surface area contributed by atoms with Gasteiger partial charge < -0.3 is 19.9 Å². The third-order valence-corrected chi connectivity index (χ3v) is 4.83. The van der Waals surface area contributed by atoms with E-state index < -0.39 is 0 Å². The van der Waals surface area contributed by atoms with Crippen molar-refractivity contribution >= 4 is 17.4 Å². The summed E-state index contributed by atoms with van der Waals surface area (Å²) in [6, 6.07) is 10.2. The van der Waals surface area contributed by atoms with Crippen molar-refractivity contribution < 1.29 is 9.53 Å². The SMILES string of the molecule is COc1ccccc1N1CCN(c2cc(C(=O)NC3CC3)ncn2)CC1. The Morgan fingerprint density at radius 3 is 2.58 bits per heavy atom. The van der Waals surface area contributed by atoms with Gasteiger partial charge in [0.05, 0.1) is 12.8 Å². The Morgan fingerprint density at radius 1 is 1.12 bits per heavy atom. The first kappa shape index (κ1) is 16.6. The van der Waals surface area contributed by atoms with E-state index in [1.54, 1.807) is 13.2 Å². The number of rotatable bonds is 5. The number of carbonyl (C=O) groups excluding carboxylic acids is 1. The molecule has 1 amide bonds. The summed E-state index contributed by atoms with van der Waals surface area (Å²) in [6.07, 6.45) is 3.60. The number of benzene rings is 1. The topological polar surface area (TPSA) is 70.6 Å². The minimum Gasteiger partial charge on any atom is -0.495 e. The van der Waals surface area contributed by atoms with Gasteiger partial charge in [0.15, 0.2) is 0 Å². The minimum atomic E-state index is -0.108. The molecule has 2 heterocycles. The molecule has 26 heavy (non-hydrogen) atoms. The molecular formula is C19H23N5O2. The second-order valence-electron chi connectivity index (χ2n) is 6.66. The highest BCUT2D eigenvalue weighted by Gasteiger charge is 2.25. The number of nitrogens with one attached hydrogen (secondary N) is 1. The zero-order valence-corrected chi connectivity index (χ0v) is 14.9. The molecule has 0 atom stereocenters. The van der Waals surface area contributed by atoms with Gasteiger partial charge in [0.25, 0.3) is 5.91 Å². The first-order valence-corrected chi connectivity index (χ1v) is 9.00. The number of hydrogen-bond donors (Lipinski definition) is 1. The van der Waals surface area contributed by atoms with Crippen LogP contribution in [0.3, 0.4) is 0 Å². The molecule has 136 valence electrons. The first-order chi connectivity index (χ1) is 12.7. The third kappa shape index (κ3) is 3.56. The zero-order valence-electron chi connectivity index (χ0n) is 14.9. The Kier molecular flexibility index (Phi) is 4.60. The molecule has 2 aliphatic rings. The molecule has 7 nitrogen and oxygen atoms in total. The fourth-order valence-corrected chi connectivity index (χ4v) is 3.20. The number of anilines is 2. The molecule has 0 bridgehead atoms. The second kappa shape index (κ2) is 7.19. The Hall–Kier alpha value is -2.83. The number of carbonyl (C=O) groups is 1. The standard InChI is InChI=1S/C19H23N5O2/c1-26-17-5-3-2-4-16(17)23-8-10-24(11-9-23)18-12-15(20-13-21-18)19(25)22-14-6-7-14/h2-5,12-14H,6-11H2,1H3,(H,22,25). The van der Waals surface area contributed by atoms with Gasteiger partial charge in [-0.25, -0.2) is 9.97 Å². The van der Waals surface area contributed by atoms with E-state index >= 15 is 0 Å². The van der Waals surface area contributed by atoms with Crippen LogP contribution in [0.2, 0.25) is 0 Å². The molecule has 7 heteroatoms. The van der Waals surface area contributed by atoms with Gasteiger partial charge in [-0.2, -0.15) is 0 Å². The summed E-state index contributed by atoms with van der Waals surface area (Å²) in [4.78, 5) is 25.2. The quantitative estimate of drug-likeness (QED) is 0.882. The fraction of sp³-hybridized carbons (Fsp3) is 0.421. The lowest BCUT2D eigenvalue weighted by atomic mass is 10.2. The van der Waals surface area contributed by atoms with Crippen molar-refractivity contribution in [3.8, 4) is 5.75 Å². The van der Waals surface area contributed by atoms with Gasteiger partial charge >= 0.3 is 0 Å². The van der Waals surface area contributed by atoms with E-state index in [0.717, 1.165) is 56.3 Å². The maximum Gasteiger partial charge on any atom is 0.270 e. The molecule has 1 aromatic carbocycles. The highest BCUT2D eigenvalue weighted by atomic mass is 16.5. The molecule has 0 spiro atoms. The Bertz CT molecular complexity index is 785. The number of hydrogen-bond acceptors (Lipinski definition) is 6. The lowest BCUT2D eigenvalue weighted by Crippen LogP contribution is -2.47. The largest absolute Gasteiger partial charge is 0.495 e. The molecule has 2 aromatic rings. The Labute approximate surface area is 153 Å². The summed E-state index contributed by atoms with van der Waals surface area (Å²) in [5.41, 5.74) is 1.55. The summed E-state index contributed by atoms with van der Waals surface area (Å²) in [7, 11) is 1.70. The fourth-order valence-electron chi connectivity index (χ4n) is 3.20. The predicted octanol–water partition coefficient (Wildman–Crippen LogP) is 1.70. The number of amides is 1. The van der Waals surface area contributed by atoms with E-state index in [4.69, 9.17) is 4.74 Å². The molecular weight excluding hydrogens is 330 g/mol. The van der Waals surface area contributed by atoms with E-state index in [1.807, 2.05) is 18.2 Å². The monoisotopic (exact) mass is 353 g/mol. The van der Waals surface area contributed by atoms with Crippen molar-refractivity contribution in [2.24, 2.45) is 0 Å². The molecule has 1 saturated heterocycles. The van der Waals surface area contributed by atoms with Gasteiger partial charge in [-0.15, -0.1) is 0 Å². The van der Waals surface area contributed by atoms with Gasteiger partial charge in [0.2, 0.25) is 0 Å². The molecule has 1 saturated carbocycles. The van der Waals surface area contributed by atoms with Gasteiger partial charge in [-0.05, 0) is 25.0 Å². The number of para-hydroxylation sites is 2. The van der Waals surface area contributed by atoms with Crippen LogP contribution in [0.5, 0.6) is 5.75 Å². The van der Waals surface area contributed by atoms with Crippen LogP contribution >= 0.6 is 0 Å². The highest BCUT2D eigenvalue weighted by molar-refractivity contribution is 5.93. The number of ether oxygens (including phenoxy) is 1. The molecule has 0 unspecified atom stereocenters. The van der Waals surface area contributed by atoms with E-state index in [2.05, 4.69) is 31.2 Å². The van der Waals surface area contributed by atoms with Gasteiger partial charge in [-0.3, -0.25) is 4.79 Å². The van der Waals surface area contributed by atoms with Gasteiger partial charge in [0.1, 0.15) is 23.6 Å². The molecule has 1 aromatic heterocycles. The molecule has 2 fully saturated rings. The zero-order chi connectivity index (χ0) is 17.9. The van der Waals surface area contributed by atoms with Crippen molar-refractivity contribution in [3.63, 3.8) is 0 Å². The Morgan fingerprint density at radius 2 is 1.85 bits per heavy atom. The summed E-state index contributed by atoms with van der Waals surface area (Å²) >= 11 is 0. The second-order valence-corrected chi connectivity index (χ2v) is 6.66. The third-order valence-electron chi connectivity index (χ3n) is 4.83. The molecule has 1 aliphatic carbocycles. The van der Waals surface area contributed by atoms with Crippen LogP contribution in [0.25, 0.3) is 0 Å². The number of nitrogens with zero attached hydrogens (tertiary/aromatic N) is 4. The van der Waals surface area contributed by atoms with Crippen LogP contribution in [-0.4, -0.2) is 55.2 Å². The maximum absolute atomic E-state index is 12.2. The van der Waals surface area contributed by atoms with Crippen molar-refractivity contribution in [2.45, 2.75) is 18.9 Å². The van der Waals surface area contributed by atoms with Gasteiger partial charge in [0, 0.05) is 38.3 Å². The number of methoxy groups -OCH3 is 1. The lowest BCUT2D eigenvalue weighted by Gasteiger charge is -2.37.